The number of aliphatic imine (C=N–C) groups is 1. The van der Waals surface area contributed by atoms with Gasteiger partial charge in [0.25, 0.3) is 0 Å². The van der Waals surface area contributed by atoms with Gasteiger partial charge in [-0.25, -0.2) is 4.99 Å². The molecule has 2 aliphatic heterocycles. The predicted molar refractivity (Wildman–Crippen MR) is 103 cm³/mol. The molecule has 7 nitrogen and oxygen atoms in total. The maximum atomic E-state index is 6.26. The van der Waals surface area contributed by atoms with Crippen molar-refractivity contribution in [2.45, 2.75) is 37.5 Å². The molecule has 4 aliphatic rings. The second kappa shape index (κ2) is 6.11. The van der Waals surface area contributed by atoms with E-state index in [9.17, 15) is 0 Å². The first-order valence-corrected chi connectivity index (χ1v) is 9.88. The van der Waals surface area contributed by atoms with Crippen LogP contribution in [-0.2, 0) is 5.79 Å². The molecule has 1 aromatic rings. The summed E-state index contributed by atoms with van der Waals surface area (Å²) in [5.74, 6) is 1.33. The lowest BCUT2D eigenvalue weighted by Crippen LogP contribution is -2.52. The Kier molecular flexibility index (Phi) is 3.84. The number of hydrogen-bond acceptors (Lipinski definition) is 7. The number of piperazine rings is 1. The van der Waals surface area contributed by atoms with Gasteiger partial charge in [0, 0.05) is 43.5 Å². The fourth-order valence-corrected chi connectivity index (χ4v) is 5.44. The van der Waals surface area contributed by atoms with E-state index < -0.39 is 5.79 Å². The molecule has 3 fully saturated rings. The summed E-state index contributed by atoms with van der Waals surface area (Å²) in [4.78, 5) is 9.48. The van der Waals surface area contributed by atoms with Crippen molar-refractivity contribution in [3.8, 4) is 0 Å². The summed E-state index contributed by atoms with van der Waals surface area (Å²) in [7, 11) is 0. The van der Waals surface area contributed by atoms with Crippen molar-refractivity contribution in [1.82, 2.24) is 15.8 Å². The average molecular weight is 355 g/mol. The minimum atomic E-state index is -0.983. The van der Waals surface area contributed by atoms with Crippen LogP contribution < -0.4 is 27.2 Å². The number of guanidine groups is 1. The van der Waals surface area contributed by atoms with E-state index in [1.165, 1.54) is 44.5 Å². The lowest BCUT2D eigenvalue weighted by atomic mass is 9.93. The van der Waals surface area contributed by atoms with Crippen LogP contribution in [0.3, 0.4) is 0 Å². The van der Waals surface area contributed by atoms with Crippen molar-refractivity contribution in [3.63, 3.8) is 0 Å². The van der Waals surface area contributed by atoms with Crippen molar-refractivity contribution in [2.75, 3.05) is 31.1 Å². The normalized spacial score (nSPS) is 37.0. The highest BCUT2D eigenvalue weighted by Gasteiger charge is 2.42. The van der Waals surface area contributed by atoms with Gasteiger partial charge in [-0.1, -0.05) is 18.6 Å². The Morgan fingerprint density at radius 1 is 1.04 bits per heavy atom. The van der Waals surface area contributed by atoms with Crippen LogP contribution in [0.2, 0.25) is 0 Å². The topological polar surface area (TPSA) is 94.9 Å². The van der Waals surface area contributed by atoms with Gasteiger partial charge in [-0.15, -0.1) is 0 Å². The zero-order valence-corrected chi connectivity index (χ0v) is 15.2. The number of nitrogens with one attached hydrogen (secondary N) is 2. The fourth-order valence-electron chi connectivity index (χ4n) is 5.44. The predicted octanol–water partition coefficient (Wildman–Crippen LogP) is 0.489. The van der Waals surface area contributed by atoms with E-state index >= 15 is 0 Å². The molecule has 2 bridgehead atoms. The Bertz CT molecular complexity index is 694. The summed E-state index contributed by atoms with van der Waals surface area (Å²) in [6.45, 7) is 4.57. The summed E-state index contributed by atoms with van der Waals surface area (Å²) in [5, 5.41) is 0. The Morgan fingerprint density at radius 3 is 2.38 bits per heavy atom. The Hall–Kier alpha value is -1.83. The highest BCUT2D eigenvalue weighted by molar-refractivity contribution is 5.79. The van der Waals surface area contributed by atoms with E-state index in [1.807, 2.05) is 12.1 Å². The Labute approximate surface area is 154 Å². The van der Waals surface area contributed by atoms with E-state index in [0.717, 1.165) is 36.5 Å². The summed E-state index contributed by atoms with van der Waals surface area (Å²) >= 11 is 0. The van der Waals surface area contributed by atoms with E-state index in [1.54, 1.807) is 0 Å². The lowest BCUT2D eigenvalue weighted by Gasteiger charge is -2.42. The summed E-state index contributed by atoms with van der Waals surface area (Å²) in [6, 6.07) is 9.22. The number of nitrogens with zero attached hydrogens (tertiary/aromatic N) is 3. The quantitative estimate of drug-likeness (QED) is 0.630. The molecule has 1 saturated heterocycles. The van der Waals surface area contributed by atoms with Crippen molar-refractivity contribution in [3.05, 3.63) is 29.8 Å². The van der Waals surface area contributed by atoms with Crippen LogP contribution in [0.4, 0.5) is 5.69 Å². The molecule has 0 radical (unpaired) electrons. The van der Waals surface area contributed by atoms with Gasteiger partial charge in [0.05, 0.1) is 0 Å². The van der Waals surface area contributed by atoms with Crippen LogP contribution in [0.5, 0.6) is 0 Å². The van der Waals surface area contributed by atoms with E-state index in [2.05, 4.69) is 37.8 Å². The van der Waals surface area contributed by atoms with Crippen molar-refractivity contribution in [1.29, 1.82) is 0 Å². The second-order valence-electron chi connectivity index (χ2n) is 8.33. The largest absolute Gasteiger partial charge is 0.369 e. The summed E-state index contributed by atoms with van der Waals surface area (Å²) < 4.78 is 0. The minimum absolute atomic E-state index is 0.313. The first kappa shape index (κ1) is 16.4. The molecule has 7 heteroatoms. The van der Waals surface area contributed by atoms with E-state index in [-0.39, 0.29) is 0 Å². The van der Waals surface area contributed by atoms with Crippen molar-refractivity contribution in [2.24, 2.45) is 28.3 Å². The maximum absolute atomic E-state index is 6.26. The zero-order chi connectivity index (χ0) is 17.7. The van der Waals surface area contributed by atoms with Crippen LogP contribution >= 0.6 is 0 Å². The smallest absolute Gasteiger partial charge is 0.209 e. The molecule has 4 atom stereocenters. The number of hydrazine groups is 1. The molecule has 5 rings (SSSR count). The van der Waals surface area contributed by atoms with Crippen LogP contribution in [0, 0.1) is 11.8 Å². The van der Waals surface area contributed by atoms with Gasteiger partial charge in [0.1, 0.15) is 0 Å². The van der Waals surface area contributed by atoms with Crippen molar-refractivity contribution >= 4 is 11.6 Å². The number of nitrogens with two attached hydrogens (primary N) is 2. The van der Waals surface area contributed by atoms with Gasteiger partial charge in [0.2, 0.25) is 11.7 Å². The minimum Gasteiger partial charge on any atom is -0.369 e. The van der Waals surface area contributed by atoms with Crippen LogP contribution in [0.15, 0.2) is 29.3 Å². The molecule has 4 unspecified atom stereocenters. The van der Waals surface area contributed by atoms with Gasteiger partial charge >= 0.3 is 0 Å². The first-order valence-electron chi connectivity index (χ1n) is 9.88. The number of rotatable bonds is 3. The molecule has 2 aliphatic carbocycles. The number of benzene rings is 1. The van der Waals surface area contributed by atoms with Crippen LogP contribution in [0.1, 0.15) is 31.2 Å². The highest BCUT2D eigenvalue weighted by atomic mass is 15.6. The molecule has 0 aromatic heterocycles. The third kappa shape index (κ3) is 2.74. The molecule has 0 spiro atoms. The van der Waals surface area contributed by atoms with Gasteiger partial charge in [0.15, 0.2) is 0 Å². The second-order valence-corrected chi connectivity index (χ2v) is 8.33. The van der Waals surface area contributed by atoms with Gasteiger partial charge in [-0.05, 0) is 43.2 Å². The first-order chi connectivity index (χ1) is 12.6. The zero-order valence-electron chi connectivity index (χ0n) is 15.2. The van der Waals surface area contributed by atoms with Gasteiger partial charge in [-0.2, -0.15) is 5.43 Å². The molecule has 2 saturated carbocycles. The fraction of sp³-hybridized carbons (Fsp3) is 0.632. The summed E-state index contributed by atoms with van der Waals surface area (Å²) in [5.41, 5.74) is 19.8. The molecule has 6 N–H and O–H groups in total. The molecule has 1 aromatic carbocycles. The number of fused-ring (bicyclic) bond motifs is 2. The maximum Gasteiger partial charge on any atom is 0.209 e. The van der Waals surface area contributed by atoms with E-state index in [4.69, 9.17) is 11.5 Å². The SMILES string of the molecule is NC1=NC(N)(c2ccc(N3CCN(C4CC5CCC4C5)CC3)cc2)NN1. The summed E-state index contributed by atoms with van der Waals surface area (Å²) in [6.07, 6.45) is 5.88. The highest BCUT2D eigenvalue weighted by Crippen LogP contribution is 2.46. The Morgan fingerprint density at radius 2 is 1.81 bits per heavy atom. The third-order valence-electron chi connectivity index (χ3n) is 6.83. The standard InChI is InChI=1S/C19H29N7/c20-18-22-19(21,24-23-18)15-3-5-16(6-4-15)25-7-9-26(10-8-25)17-12-13-1-2-14(17)11-13/h3-6,13-14,17,24H,1-2,7-12,21H2,(H3,20,22,23). The average Bonchev–Trinajstić information content (AvgIpc) is 3.38. The van der Waals surface area contributed by atoms with Gasteiger partial charge in [-0.3, -0.25) is 16.1 Å². The van der Waals surface area contributed by atoms with Crippen LogP contribution in [0.25, 0.3) is 0 Å². The number of anilines is 1. The molecule has 0 amide bonds. The Balaban J connectivity index is 1.22. The molecular formula is C19H29N7. The molecule has 2 heterocycles. The molecule has 140 valence electrons. The molecule has 26 heavy (non-hydrogen) atoms. The molecular weight excluding hydrogens is 326 g/mol. The monoisotopic (exact) mass is 355 g/mol. The lowest BCUT2D eigenvalue weighted by molar-refractivity contribution is 0.135. The van der Waals surface area contributed by atoms with Gasteiger partial charge < -0.3 is 10.6 Å². The third-order valence-corrected chi connectivity index (χ3v) is 6.83. The van der Waals surface area contributed by atoms with Crippen LogP contribution in [-0.4, -0.2) is 43.1 Å². The number of hydrogen-bond donors (Lipinski definition) is 4. The van der Waals surface area contributed by atoms with Crippen molar-refractivity contribution < 1.29 is 0 Å². The van der Waals surface area contributed by atoms with E-state index in [0.29, 0.717) is 5.96 Å².